The van der Waals surface area contributed by atoms with E-state index in [0.29, 0.717) is 0 Å². The lowest BCUT2D eigenvalue weighted by Gasteiger charge is -2.25. The van der Waals surface area contributed by atoms with Gasteiger partial charge < -0.3 is 10.1 Å². The quantitative estimate of drug-likeness (QED) is 0.860. The van der Waals surface area contributed by atoms with Gasteiger partial charge >= 0.3 is 0 Å². The summed E-state index contributed by atoms with van der Waals surface area (Å²) in [5.41, 5.74) is 4.26. The summed E-state index contributed by atoms with van der Waals surface area (Å²) in [5, 5.41) is 3.54. The van der Waals surface area contributed by atoms with Crippen LogP contribution >= 0.6 is 0 Å². The van der Waals surface area contributed by atoms with Crippen molar-refractivity contribution in [3.63, 3.8) is 0 Å². The third-order valence-electron chi connectivity index (χ3n) is 3.71. The molecule has 0 aromatic heterocycles. The topological polar surface area (TPSA) is 21.3 Å². The summed E-state index contributed by atoms with van der Waals surface area (Å²) >= 11 is 0. The number of fused-ring (bicyclic) bond motifs is 1. The number of hydrogen-bond donors (Lipinski definition) is 1. The van der Waals surface area contributed by atoms with Gasteiger partial charge in [-0.15, -0.1) is 0 Å². The van der Waals surface area contributed by atoms with E-state index in [-0.39, 0.29) is 5.60 Å². The molecule has 1 aromatic rings. The van der Waals surface area contributed by atoms with Gasteiger partial charge in [-0.05, 0) is 50.7 Å². The van der Waals surface area contributed by atoms with Gasteiger partial charge in [0, 0.05) is 19.3 Å². The second-order valence-corrected chi connectivity index (χ2v) is 5.45. The predicted molar refractivity (Wildman–Crippen MR) is 72.7 cm³/mol. The van der Waals surface area contributed by atoms with Gasteiger partial charge in [0.15, 0.2) is 0 Å². The van der Waals surface area contributed by atoms with Gasteiger partial charge in [0.25, 0.3) is 0 Å². The van der Waals surface area contributed by atoms with Crippen molar-refractivity contribution < 1.29 is 4.74 Å². The van der Waals surface area contributed by atoms with E-state index in [4.69, 9.17) is 4.74 Å². The highest BCUT2D eigenvalue weighted by Crippen LogP contribution is 2.28. The molecule has 1 aromatic carbocycles. The lowest BCUT2D eigenvalue weighted by Crippen LogP contribution is -2.23. The number of ether oxygens (including phenoxy) is 1. The zero-order valence-electron chi connectivity index (χ0n) is 11.2. The van der Waals surface area contributed by atoms with Crippen molar-refractivity contribution in [1.82, 2.24) is 0 Å². The molecule has 2 heteroatoms. The van der Waals surface area contributed by atoms with Crippen LogP contribution in [0.25, 0.3) is 0 Å². The van der Waals surface area contributed by atoms with Crippen LogP contribution in [-0.4, -0.2) is 19.3 Å². The van der Waals surface area contributed by atoms with Crippen molar-refractivity contribution in [2.24, 2.45) is 0 Å². The van der Waals surface area contributed by atoms with Gasteiger partial charge in [0.2, 0.25) is 0 Å². The Morgan fingerprint density at radius 2 is 2.18 bits per heavy atom. The average Bonchev–Trinajstić information content (AvgIpc) is 2.36. The Kier molecular flexibility index (Phi) is 3.72. The summed E-state index contributed by atoms with van der Waals surface area (Å²) in [6, 6.07) is 6.66. The number of anilines is 1. The average molecular weight is 233 g/mol. The van der Waals surface area contributed by atoms with Gasteiger partial charge in [-0.2, -0.15) is 0 Å². The van der Waals surface area contributed by atoms with E-state index in [1.165, 1.54) is 29.7 Å². The van der Waals surface area contributed by atoms with Crippen molar-refractivity contribution in [1.29, 1.82) is 0 Å². The second kappa shape index (κ2) is 5.09. The molecule has 0 saturated carbocycles. The molecule has 1 heterocycles. The third-order valence-corrected chi connectivity index (χ3v) is 3.71. The van der Waals surface area contributed by atoms with Crippen LogP contribution in [0.4, 0.5) is 5.69 Å². The maximum Gasteiger partial charge on any atom is 0.0625 e. The summed E-state index contributed by atoms with van der Waals surface area (Å²) in [5.74, 6) is 0. The lowest BCUT2D eigenvalue weighted by atomic mass is 9.93. The first-order valence-corrected chi connectivity index (χ1v) is 6.52. The minimum absolute atomic E-state index is 0.0304. The molecule has 2 rings (SSSR count). The van der Waals surface area contributed by atoms with E-state index >= 15 is 0 Å². The maximum atomic E-state index is 5.48. The van der Waals surface area contributed by atoms with Crippen LogP contribution in [-0.2, 0) is 17.6 Å². The van der Waals surface area contributed by atoms with Gasteiger partial charge in [-0.1, -0.05) is 18.2 Å². The zero-order valence-corrected chi connectivity index (χ0v) is 11.2. The molecular formula is C15H23NO. The fraction of sp³-hybridized carbons (Fsp3) is 0.600. The molecule has 0 unspecified atom stereocenters. The number of aryl methyl sites for hydroxylation is 2. The molecule has 17 heavy (non-hydrogen) atoms. The number of methoxy groups -OCH3 is 1. The van der Waals surface area contributed by atoms with Crippen molar-refractivity contribution in [3.05, 3.63) is 29.3 Å². The van der Waals surface area contributed by atoms with Crippen LogP contribution in [0.2, 0.25) is 0 Å². The first kappa shape index (κ1) is 12.4. The van der Waals surface area contributed by atoms with Crippen molar-refractivity contribution >= 4 is 5.69 Å². The molecule has 2 nitrogen and oxygen atoms in total. The van der Waals surface area contributed by atoms with Crippen molar-refractivity contribution in [2.75, 3.05) is 19.0 Å². The first-order valence-electron chi connectivity index (χ1n) is 6.52. The summed E-state index contributed by atoms with van der Waals surface area (Å²) in [4.78, 5) is 0. The molecule has 0 saturated heterocycles. The minimum Gasteiger partial charge on any atom is -0.385 e. The molecule has 0 aliphatic carbocycles. The molecule has 0 atom stereocenters. The number of hydrogen-bond acceptors (Lipinski definition) is 2. The molecule has 1 aliphatic rings. The normalized spacial score (nSPS) is 15.2. The molecular weight excluding hydrogens is 210 g/mol. The largest absolute Gasteiger partial charge is 0.385 e. The highest BCUT2D eigenvalue weighted by atomic mass is 16.5. The summed E-state index contributed by atoms with van der Waals surface area (Å²) < 4.78 is 5.48. The molecule has 1 aliphatic heterocycles. The Morgan fingerprint density at radius 1 is 1.35 bits per heavy atom. The summed E-state index contributed by atoms with van der Waals surface area (Å²) in [7, 11) is 1.79. The number of para-hydroxylation sites is 1. The SMILES string of the molecule is COC(C)(C)CCc1cccc2c1NCCC2. The van der Waals surface area contributed by atoms with Gasteiger partial charge in [0.05, 0.1) is 5.60 Å². The fourth-order valence-corrected chi connectivity index (χ4v) is 2.33. The smallest absolute Gasteiger partial charge is 0.0625 e. The van der Waals surface area contributed by atoms with Crippen LogP contribution in [0.5, 0.6) is 0 Å². The van der Waals surface area contributed by atoms with E-state index in [9.17, 15) is 0 Å². The van der Waals surface area contributed by atoms with Gasteiger partial charge in [-0.3, -0.25) is 0 Å². The van der Waals surface area contributed by atoms with E-state index in [1.54, 1.807) is 7.11 Å². The summed E-state index contributed by atoms with van der Waals surface area (Å²) in [6.45, 7) is 5.41. The Morgan fingerprint density at radius 3 is 2.94 bits per heavy atom. The number of nitrogens with one attached hydrogen (secondary N) is 1. The van der Waals surface area contributed by atoms with Crippen molar-refractivity contribution in [2.45, 2.75) is 45.1 Å². The van der Waals surface area contributed by atoms with Crippen LogP contribution in [0.1, 0.15) is 37.8 Å². The molecule has 0 fully saturated rings. The molecule has 0 amide bonds. The highest BCUT2D eigenvalue weighted by molar-refractivity contribution is 5.59. The monoisotopic (exact) mass is 233 g/mol. The van der Waals surface area contributed by atoms with E-state index < -0.39 is 0 Å². The summed E-state index contributed by atoms with van der Waals surface area (Å²) in [6.07, 6.45) is 4.60. The molecule has 0 radical (unpaired) electrons. The van der Waals surface area contributed by atoms with Crippen molar-refractivity contribution in [3.8, 4) is 0 Å². The lowest BCUT2D eigenvalue weighted by molar-refractivity contribution is 0.0158. The van der Waals surface area contributed by atoms with Gasteiger partial charge in [0.1, 0.15) is 0 Å². The third kappa shape index (κ3) is 3.01. The number of benzene rings is 1. The first-order chi connectivity index (χ1) is 8.12. The van der Waals surface area contributed by atoms with Crippen LogP contribution in [0, 0.1) is 0 Å². The number of rotatable bonds is 4. The Bertz CT molecular complexity index is 385. The van der Waals surface area contributed by atoms with E-state index in [0.717, 1.165) is 19.4 Å². The fourth-order valence-electron chi connectivity index (χ4n) is 2.33. The second-order valence-electron chi connectivity index (χ2n) is 5.45. The molecule has 0 spiro atoms. The molecule has 94 valence electrons. The Balaban J connectivity index is 2.11. The van der Waals surface area contributed by atoms with Crippen LogP contribution in [0.15, 0.2) is 18.2 Å². The Hall–Kier alpha value is -1.02. The standard InChI is InChI=1S/C15H23NO/c1-15(2,17-3)10-9-13-7-4-6-12-8-5-11-16-14(12)13/h4,6-7,16H,5,8-11H2,1-3H3. The zero-order chi connectivity index (χ0) is 12.3. The maximum absolute atomic E-state index is 5.48. The molecule has 1 N–H and O–H groups in total. The predicted octanol–water partition coefficient (Wildman–Crippen LogP) is 3.40. The molecule has 0 bridgehead atoms. The van der Waals surface area contributed by atoms with Crippen LogP contribution in [0.3, 0.4) is 0 Å². The van der Waals surface area contributed by atoms with E-state index in [1.807, 2.05) is 0 Å². The highest BCUT2D eigenvalue weighted by Gasteiger charge is 2.18. The minimum atomic E-state index is -0.0304. The van der Waals surface area contributed by atoms with E-state index in [2.05, 4.69) is 37.4 Å². The Labute approximate surface area is 104 Å². The van der Waals surface area contributed by atoms with Gasteiger partial charge in [-0.25, -0.2) is 0 Å². The van der Waals surface area contributed by atoms with Crippen LogP contribution < -0.4 is 5.32 Å².